The molecule has 8 atom stereocenters. The lowest BCUT2D eigenvalue weighted by Gasteiger charge is -2.60. The van der Waals surface area contributed by atoms with E-state index >= 15 is 0 Å². The van der Waals surface area contributed by atoms with E-state index in [1.54, 1.807) is 6.92 Å². The number of rotatable bonds is 1. The summed E-state index contributed by atoms with van der Waals surface area (Å²) >= 11 is 0. The van der Waals surface area contributed by atoms with E-state index in [-0.39, 0.29) is 17.5 Å². The highest BCUT2D eigenvalue weighted by molar-refractivity contribution is 5.66. The number of fused-ring (bicyclic) bond motifs is 5. The quantitative estimate of drug-likeness (QED) is 0.509. The fraction of sp³-hybridized carbons (Fsp3) is 0.955. The highest BCUT2D eigenvalue weighted by Crippen LogP contribution is 2.68. The van der Waals surface area contributed by atoms with Gasteiger partial charge in [-0.15, -0.1) is 0 Å². The molecule has 0 aromatic carbocycles. The van der Waals surface area contributed by atoms with Crippen molar-refractivity contribution in [2.24, 2.45) is 34.5 Å². The van der Waals surface area contributed by atoms with E-state index in [4.69, 9.17) is 9.47 Å². The second-order valence-corrected chi connectivity index (χ2v) is 10.6. The van der Waals surface area contributed by atoms with Crippen LogP contribution in [-0.2, 0) is 14.3 Å². The molecule has 0 amide bonds. The first-order chi connectivity index (χ1) is 11.9. The van der Waals surface area contributed by atoms with Crippen LogP contribution in [0.25, 0.3) is 0 Å². The molecule has 0 radical (unpaired) electrons. The highest BCUT2D eigenvalue weighted by Gasteiger charge is 2.63. The molecule has 0 aromatic heterocycles. The lowest BCUT2D eigenvalue weighted by Crippen LogP contribution is -2.55. The van der Waals surface area contributed by atoms with E-state index in [1.165, 1.54) is 51.4 Å². The molecule has 5 aliphatic rings. The van der Waals surface area contributed by atoms with Gasteiger partial charge < -0.3 is 9.47 Å². The van der Waals surface area contributed by atoms with Crippen LogP contribution in [0.2, 0.25) is 0 Å². The van der Waals surface area contributed by atoms with Gasteiger partial charge in [0.15, 0.2) is 0 Å². The molecule has 3 heteroatoms. The predicted molar refractivity (Wildman–Crippen MR) is 96.0 cm³/mol. The number of carbonyl (C=O) groups is 1. The molecule has 5 rings (SSSR count). The average molecular weight is 347 g/mol. The summed E-state index contributed by atoms with van der Waals surface area (Å²) in [5.74, 6) is 3.29. The molecule has 5 fully saturated rings. The Bertz CT molecular complexity index is 582. The number of epoxide rings is 1. The fourth-order valence-electron chi connectivity index (χ4n) is 8.02. The highest BCUT2D eigenvalue weighted by atomic mass is 16.6. The van der Waals surface area contributed by atoms with Gasteiger partial charge in [-0.05, 0) is 86.9 Å². The molecular weight excluding hydrogens is 312 g/mol. The standard InChI is InChI=1S/C22H34O3/c1-14(23)25-19-7-6-17-16-5-4-15-12-22(13-24-22)11-10-20(15,2)18(16)8-9-21(17,19)3/h15-19H,4-13H2,1-3H3/t15-,16-,17-,18-,19-,20-,21-,22+/m0/s1. The Kier molecular flexibility index (Phi) is 3.48. The summed E-state index contributed by atoms with van der Waals surface area (Å²) in [5, 5.41) is 0. The number of carbonyl (C=O) groups excluding carboxylic acids is 1. The Morgan fingerprint density at radius 2 is 1.72 bits per heavy atom. The van der Waals surface area contributed by atoms with Crippen molar-refractivity contribution >= 4 is 5.97 Å². The minimum Gasteiger partial charge on any atom is -0.462 e. The van der Waals surface area contributed by atoms with Crippen molar-refractivity contribution in [3.8, 4) is 0 Å². The molecule has 0 aromatic rings. The van der Waals surface area contributed by atoms with Gasteiger partial charge >= 0.3 is 5.97 Å². The maximum atomic E-state index is 11.6. The van der Waals surface area contributed by atoms with Crippen LogP contribution < -0.4 is 0 Å². The molecule has 1 aliphatic heterocycles. The van der Waals surface area contributed by atoms with Crippen LogP contribution >= 0.6 is 0 Å². The maximum absolute atomic E-state index is 11.6. The molecule has 0 N–H and O–H groups in total. The van der Waals surface area contributed by atoms with Crippen LogP contribution in [0.1, 0.15) is 78.6 Å². The molecule has 4 saturated carbocycles. The lowest BCUT2D eigenvalue weighted by molar-refractivity contribution is -0.162. The Labute approximate surface area is 152 Å². The maximum Gasteiger partial charge on any atom is 0.302 e. The van der Waals surface area contributed by atoms with Gasteiger partial charge in [0.25, 0.3) is 0 Å². The van der Waals surface area contributed by atoms with Crippen molar-refractivity contribution in [3.05, 3.63) is 0 Å². The van der Waals surface area contributed by atoms with Gasteiger partial charge in [-0.25, -0.2) is 0 Å². The minimum absolute atomic E-state index is 0.0910. The van der Waals surface area contributed by atoms with Crippen molar-refractivity contribution in [2.75, 3.05) is 6.61 Å². The third-order valence-electron chi connectivity index (χ3n) is 9.58. The third kappa shape index (κ3) is 2.30. The Hall–Kier alpha value is -0.570. The van der Waals surface area contributed by atoms with E-state index in [0.29, 0.717) is 11.0 Å². The number of ether oxygens (including phenoxy) is 2. The van der Waals surface area contributed by atoms with Gasteiger partial charge in [0.1, 0.15) is 6.10 Å². The zero-order chi connectivity index (χ0) is 17.4. The Balaban J connectivity index is 1.39. The van der Waals surface area contributed by atoms with Crippen LogP contribution in [0.4, 0.5) is 0 Å². The monoisotopic (exact) mass is 346 g/mol. The smallest absolute Gasteiger partial charge is 0.302 e. The molecule has 1 spiro atoms. The van der Waals surface area contributed by atoms with Crippen molar-refractivity contribution in [1.82, 2.24) is 0 Å². The van der Waals surface area contributed by atoms with E-state index in [1.807, 2.05) is 0 Å². The van der Waals surface area contributed by atoms with Crippen molar-refractivity contribution in [1.29, 1.82) is 0 Å². The molecule has 25 heavy (non-hydrogen) atoms. The third-order valence-corrected chi connectivity index (χ3v) is 9.58. The normalized spacial score (nSPS) is 56.7. The Morgan fingerprint density at radius 1 is 0.960 bits per heavy atom. The fourth-order valence-corrected chi connectivity index (χ4v) is 8.02. The first-order valence-corrected chi connectivity index (χ1v) is 10.7. The summed E-state index contributed by atoms with van der Waals surface area (Å²) in [7, 11) is 0. The Morgan fingerprint density at radius 3 is 2.44 bits per heavy atom. The van der Waals surface area contributed by atoms with Crippen molar-refractivity contribution in [2.45, 2.75) is 90.3 Å². The van der Waals surface area contributed by atoms with Crippen molar-refractivity contribution < 1.29 is 14.3 Å². The number of hydrogen-bond acceptors (Lipinski definition) is 3. The average Bonchev–Trinajstić information content (AvgIpc) is 3.24. The summed E-state index contributed by atoms with van der Waals surface area (Å²) < 4.78 is 11.6. The van der Waals surface area contributed by atoms with Crippen molar-refractivity contribution in [3.63, 3.8) is 0 Å². The first-order valence-electron chi connectivity index (χ1n) is 10.7. The van der Waals surface area contributed by atoms with Crippen LogP contribution in [0.3, 0.4) is 0 Å². The second-order valence-electron chi connectivity index (χ2n) is 10.6. The summed E-state index contributed by atoms with van der Waals surface area (Å²) in [6.07, 6.45) is 11.9. The molecule has 4 aliphatic carbocycles. The zero-order valence-electron chi connectivity index (χ0n) is 16.2. The largest absolute Gasteiger partial charge is 0.462 e. The number of hydrogen-bond donors (Lipinski definition) is 0. The molecule has 3 nitrogen and oxygen atoms in total. The molecule has 0 bridgehead atoms. The van der Waals surface area contributed by atoms with Gasteiger partial charge in [-0.3, -0.25) is 4.79 Å². The summed E-state index contributed by atoms with van der Waals surface area (Å²) in [5.41, 5.74) is 1.06. The lowest BCUT2D eigenvalue weighted by atomic mass is 9.44. The molecule has 140 valence electrons. The summed E-state index contributed by atoms with van der Waals surface area (Å²) in [4.78, 5) is 11.6. The van der Waals surface area contributed by atoms with E-state index in [0.717, 1.165) is 36.7 Å². The van der Waals surface area contributed by atoms with Gasteiger partial charge in [-0.2, -0.15) is 0 Å². The predicted octanol–water partition coefficient (Wildman–Crippen LogP) is 4.73. The van der Waals surface area contributed by atoms with Gasteiger partial charge in [-0.1, -0.05) is 13.8 Å². The van der Waals surface area contributed by atoms with Crippen LogP contribution in [0, 0.1) is 34.5 Å². The number of esters is 1. The summed E-state index contributed by atoms with van der Waals surface area (Å²) in [6, 6.07) is 0. The first kappa shape index (κ1) is 16.6. The van der Waals surface area contributed by atoms with Gasteiger partial charge in [0.05, 0.1) is 12.2 Å². The summed E-state index contributed by atoms with van der Waals surface area (Å²) in [6.45, 7) is 7.65. The molecule has 1 saturated heterocycles. The van der Waals surface area contributed by atoms with Gasteiger partial charge in [0, 0.05) is 12.3 Å². The molecule has 1 heterocycles. The van der Waals surface area contributed by atoms with E-state index in [9.17, 15) is 4.79 Å². The van der Waals surface area contributed by atoms with E-state index < -0.39 is 0 Å². The SMILES string of the molecule is CC(=O)O[C@H]1CC[C@H]2[C@@H]3CC[C@H]4C[C@]5(CC[C@]4(C)[C@H]3CC[C@]12C)CO5. The molecule has 0 unspecified atom stereocenters. The topological polar surface area (TPSA) is 38.8 Å². The second kappa shape index (κ2) is 5.24. The molecular formula is C22H34O3. The van der Waals surface area contributed by atoms with Crippen LogP contribution in [0.5, 0.6) is 0 Å². The van der Waals surface area contributed by atoms with Gasteiger partial charge in [0.2, 0.25) is 0 Å². The van der Waals surface area contributed by atoms with E-state index in [2.05, 4.69) is 13.8 Å². The zero-order valence-corrected chi connectivity index (χ0v) is 16.2. The minimum atomic E-state index is -0.0910. The van der Waals surface area contributed by atoms with Crippen LogP contribution in [0.15, 0.2) is 0 Å². The van der Waals surface area contributed by atoms with Crippen LogP contribution in [-0.4, -0.2) is 24.3 Å².